The Kier molecular flexibility index (Phi) is 8.00. The molecule has 1 saturated heterocycles. The highest BCUT2D eigenvalue weighted by Gasteiger charge is 2.29. The Morgan fingerprint density at radius 2 is 1.73 bits per heavy atom. The second-order valence-electron chi connectivity index (χ2n) is 10.3. The van der Waals surface area contributed by atoms with Gasteiger partial charge in [0.2, 0.25) is 5.91 Å². The van der Waals surface area contributed by atoms with E-state index in [1.54, 1.807) is 0 Å². The van der Waals surface area contributed by atoms with Crippen LogP contribution in [-0.4, -0.2) is 44.7 Å². The summed E-state index contributed by atoms with van der Waals surface area (Å²) < 4.78 is 2.37. The van der Waals surface area contributed by atoms with Crippen LogP contribution in [0.2, 0.25) is 0 Å². The Labute approximate surface area is 219 Å². The molecular formula is C32H37N3O2. The van der Waals surface area contributed by atoms with E-state index in [-0.39, 0.29) is 18.2 Å². The van der Waals surface area contributed by atoms with E-state index >= 15 is 0 Å². The molecule has 1 aliphatic rings. The second kappa shape index (κ2) is 11.7. The molecule has 1 N–H and O–H groups in total. The Hall–Kier alpha value is -3.44. The van der Waals surface area contributed by atoms with E-state index in [1.165, 1.54) is 11.1 Å². The number of likely N-dealkylation sites (tertiary alicyclic amines) is 1. The van der Waals surface area contributed by atoms with Crippen LogP contribution in [0.5, 0.6) is 0 Å². The largest absolute Gasteiger partial charge is 0.392 e. The van der Waals surface area contributed by atoms with Crippen LogP contribution in [0, 0.1) is 0 Å². The summed E-state index contributed by atoms with van der Waals surface area (Å²) in [5.41, 5.74) is 5.59. The molecule has 3 aromatic carbocycles. The van der Waals surface area contributed by atoms with Gasteiger partial charge in [0.05, 0.1) is 23.6 Å². The Morgan fingerprint density at radius 1 is 1.00 bits per heavy atom. The molecule has 0 spiro atoms. The Balaban J connectivity index is 1.21. The fraction of sp³-hybridized carbons (Fsp3) is 0.375. The van der Waals surface area contributed by atoms with Crippen molar-refractivity contribution < 1.29 is 9.90 Å². The summed E-state index contributed by atoms with van der Waals surface area (Å²) in [7, 11) is 0. The summed E-state index contributed by atoms with van der Waals surface area (Å²) in [5, 5.41) is 10.7. The van der Waals surface area contributed by atoms with Crippen LogP contribution in [0.15, 0.2) is 78.9 Å². The van der Waals surface area contributed by atoms with Crippen molar-refractivity contribution in [3.63, 3.8) is 0 Å². The molecule has 0 aliphatic carbocycles. The van der Waals surface area contributed by atoms with Crippen molar-refractivity contribution in [1.29, 1.82) is 0 Å². The second-order valence-corrected chi connectivity index (χ2v) is 10.3. The van der Waals surface area contributed by atoms with Gasteiger partial charge in [-0.1, -0.05) is 80.1 Å². The number of aliphatic hydroxyl groups excluding tert-OH is 1. The fourth-order valence-electron chi connectivity index (χ4n) is 5.51. The minimum atomic E-state index is -0.690. The number of hydrogen-bond acceptors (Lipinski definition) is 3. The molecule has 37 heavy (non-hydrogen) atoms. The van der Waals surface area contributed by atoms with E-state index in [0.29, 0.717) is 13.0 Å². The smallest absolute Gasteiger partial charge is 0.225 e. The van der Waals surface area contributed by atoms with Crippen molar-refractivity contribution in [2.24, 2.45) is 0 Å². The van der Waals surface area contributed by atoms with Gasteiger partial charge < -0.3 is 14.6 Å². The summed E-state index contributed by atoms with van der Waals surface area (Å²) in [4.78, 5) is 20.1. The number of fused-ring (bicyclic) bond motifs is 1. The number of carbonyl (C=O) groups excluding carboxylic acids is 1. The Morgan fingerprint density at radius 3 is 2.51 bits per heavy atom. The molecule has 5 nitrogen and oxygen atoms in total. The number of benzene rings is 3. The molecule has 1 unspecified atom stereocenters. The van der Waals surface area contributed by atoms with Crippen LogP contribution in [0.1, 0.15) is 56.3 Å². The van der Waals surface area contributed by atoms with E-state index in [4.69, 9.17) is 4.98 Å². The lowest BCUT2D eigenvalue weighted by atomic mass is 9.96. The zero-order chi connectivity index (χ0) is 25.6. The number of amides is 1. The number of hydrogen-bond donors (Lipinski definition) is 1. The average Bonchev–Trinajstić information content (AvgIpc) is 3.31. The first-order chi connectivity index (χ1) is 18.1. The van der Waals surface area contributed by atoms with Gasteiger partial charge >= 0.3 is 0 Å². The van der Waals surface area contributed by atoms with Gasteiger partial charge in [-0.3, -0.25) is 4.79 Å². The van der Waals surface area contributed by atoms with Crippen LogP contribution in [0.4, 0.5) is 0 Å². The van der Waals surface area contributed by atoms with Gasteiger partial charge in [-0.15, -0.1) is 0 Å². The lowest BCUT2D eigenvalue weighted by molar-refractivity contribution is -0.134. The van der Waals surface area contributed by atoms with Crippen LogP contribution >= 0.6 is 0 Å². The standard InChI is InChI=1S/C32H37N3O2/c1-2-3-20-35-30-14-8-7-13-29(30)33-32(35)27-12-9-19-34(23-27)31(37)22-28(36)21-24-15-17-26(18-16-24)25-10-5-4-6-11-25/h4-8,10-11,13-18,27-28,36H,2-3,9,12,19-23H2,1H3/t27-,28?/m1/s1. The van der Waals surface area contributed by atoms with Gasteiger partial charge in [0.15, 0.2) is 0 Å². The van der Waals surface area contributed by atoms with E-state index in [9.17, 15) is 9.90 Å². The first kappa shape index (κ1) is 25.2. The maximum absolute atomic E-state index is 13.2. The van der Waals surface area contributed by atoms with Crippen LogP contribution in [0.3, 0.4) is 0 Å². The zero-order valence-electron chi connectivity index (χ0n) is 21.7. The number of imidazole rings is 1. The maximum Gasteiger partial charge on any atom is 0.225 e. The maximum atomic E-state index is 13.2. The predicted molar refractivity (Wildman–Crippen MR) is 149 cm³/mol. The summed E-state index contributed by atoms with van der Waals surface area (Å²) in [6, 6.07) is 26.9. The molecule has 0 bridgehead atoms. The highest BCUT2D eigenvalue weighted by atomic mass is 16.3. The zero-order valence-corrected chi connectivity index (χ0v) is 21.7. The molecule has 1 fully saturated rings. The summed E-state index contributed by atoms with van der Waals surface area (Å²) in [6.07, 6.45) is 4.18. The van der Waals surface area contributed by atoms with Crippen molar-refractivity contribution in [3.05, 3.63) is 90.3 Å². The third-order valence-electron chi connectivity index (χ3n) is 7.50. The number of rotatable bonds is 9. The van der Waals surface area contributed by atoms with Gasteiger partial charge in [-0.05, 0) is 54.5 Å². The number of carbonyl (C=O) groups is 1. The molecule has 0 saturated carbocycles. The fourth-order valence-corrected chi connectivity index (χ4v) is 5.51. The normalized spacial score (nSPS) is 16.7. The van der Waals surface area contributed by atoms with Crippen molar-refractivity contribution in [2.45, 2.75) is 64.0 Å². The molecule has 1 aromatic heterocycles. The highest BCUT2D eigenvalue weighted by molar-refractivity contribution is 5.77. The minimum Gasteiger partial charge on any atom is -0.392 e. The number of aliphatic hydroxyl groups is 1. The lowest BCUT2D eigenvalue weighted by Gasteiger charge is -2.33. The Bertz CT molecular complexity index is 1310. The van der Waals surface area contributed by atoms with Crippen molar-refractivity contribution in [3.8, 4) is 11.1 Å². The molecule has 192 valence electrons. The molecule has 2 atom stereocenters. The van der Waals surface area contributed by atoms with Gasteiger partial charge in [0.1, 0.15) is 5.82 Å². The summed E-state index contributed by atoms with van der Waals surface area (Å²) in [5.74, 6) is 1.37. The molecule has 5 heteroatoms. The minimum absolute atomic E-state index is 0.0364. The SMILES string of the molecule is CCCCn1c([C@@H]2CCCN(C(=O)CC(O)Cc3ccc(-c4ccccc4)cc3)C2)nc2ccccc21. The number of nitrogens with zero attached hydrogens (tertiary/aromatic N) is 3. The van der Waals surface area contributed by atoms with Gasteiger partial charge in [0, 0.05) is 25.6 Å². The predicted octanol–water partition coefficient (Wildman–Crippen LogP) is 6.20. The first-order valence-electron chi connectivity index (χ1n) is 13.7. The molecule has 1 amide bonds. The topological polar surface area (TPSA) is 58.4 Å². The number of para-hydroxylation sites is 2. The number of piperidine rings is 1. The van der Waals surface area contributed by atoms with E-state index in [2.05, 4.69) is 54.0 Å². The quantitative estimate of drug-likeness (QED) is 0.301. The lowest BCUT2D eigenvalue weighted by Crippen LogP contribution is -2.41. The number of aryl methyl sites for hydroxylation is 1. The molecule has 1 aliphatic heterocycles. The summed E-state index contributed by atoms with van der Waals surface area (Å²) >= 11 is 0. The summed E-state index contributed by atoms with van der Waals surface area (Å²) in [6.45, 7) is 4.59. The van der Waals surface area contributed by atoms with Gasteiger partial charge in [-0.25, -0.2) is 4.98 Å². The number of unbranched alkanes of at least 4 members (excludes halogenated alkanes) is 1. The number of aromatic nitrogens is 2. The monoisotopic (exact) mass is 495 g/mol. The van der Waals surface area contributed by atoms with Crippen LogP contribution in [-0.2, 0) is 17.8 Å². The molecule has 4 aromatic rings. The highest BCUT2D eigenvalue weighted by Crippen LogP contribution is 2.30. The van der Waals surface area contributed by atoms with Crippen molar-refractivity contribution >= 4 is 16.9 Å². The molecule has 0 radical (unpaired) electrons. The third-order valence-corrected chi connectivity index (χ3v) is 7.50. The van der Waals surface area contributed by atoms with Gasteiger partial charge in [0.25, 0.3) is 0 Å². The van der Waals surface area contributed by atoms with Crippen molar-refractivity contribution in [2.75, 3.05) is 13.1 Å². The van der Waals surface area contributed by atoms with E-state index in [1.807, 2.05) is 41.3 Å². The van der Waals surface area contributed by atoms with Crippen LogP contribution < -0.4 is 0 Å². The molecule has 2 heterocycles. The average molecular weight is 496 g/mol. The van der Waals surface area contributed by atoms with Gasteiger partial charge in [-0.2, -0.15) is 0 Å². The third kappa shape index (κ3) is 5.94. The van der Waals surface area contributed by atoms with E-state index < -0.39 is 6.10 Å². The van der Waals surface area contributed by atoms with Crippen molar-refractivity contribution in [1.82, 2.24) is 14.5 Å². The van der Waals surface area contributed by atoms with E-state index in [0.717, 1.165) is 61.2 Å². The molecular weight excluding hydrogens is 458 g/mol. The first-order valence-corrected chi connectivity index (χ1v) is 13.7. The van der Waals surface area contributed by atoms with Crippen LogP contribution in [0.25, 0.3) is 22.2 Å². The molecule has 5 rings (SSSR count).